The van der Waals surface area contributed by atoms with Crippen LogP contribution in [-0.2, 0) is 9.59 Å². The van der Waals surface area contributed by atoms with E-state index in [1.165, 1.54) is 16.7 Å². The van der Waals surface area contributed by atoms with E-state index in [0.29, 0.717) is 12.3 Å². The monoisotopic (exact) mass is 275 g/mol. The van der Waals surface area contributed by atoms with E-state index < -0.39 is 0 Å². The number of nitrogens with zero attached hydrogens (tertiary/aromatic N) is 1. The van der Waals surface area contributed by atoms with E-state index >= 15 is 0 Å². The van der Waals surface area contributed by atoms with Gasteiger partial charge in [-0.05, 0) is 12.8 Å². The lowest BCUT2D eigenvalue weighted by molar-refractivity contribution is -0.132. The molecule has 0 spiro atoms. The van der Waals surface area contributed by atoms with Gasteiger partial charge in [0, 0.05) is 25.4 Å². The summed E-state index contributed by atoms with van der Waals surface area (Å²) in [7, 11) is 1.65. The zero-order valence-corrected chi connectivity index (χ0v) is 12.4. The predicted molar refractivity (Wildman–Crippen MR) is 76.5 cm³/mol. The molecule has 2 amide bonds. The Labute approximate surface area is 114 Å². The lowest BCUT2D eigenvalue weighted by Crippen LogP contribution is -2.39. The first kappa shape index (κ1) is 17.2. The van der Waals surface area contributed by atoms with Gasteiger partial charge in [-0.3, -0.25) is 9.59 Å². The van der Waals surface area contributed by atoms with Crippen LogP contribution in [0.1, 0.15) is 26.7 Å². The third kappa shape index (κ3) is 8.36. The van der Waals surface area contributed by atoms with Gasteiger partial charge in [0.2, 0.25) is 11.8 Å². The second kappa shape index (κ2) is 10.2. The number of nitrogens with two attached hydrogens (primary N) is 1. The average Bonchev–Trinajstić information content (AvgIpc) is 2.35. The number of carbonyl (C=O) groups is 2. The lowest BCUT2D eigenvalue weighted by Gasteiger charge is -2.17. The molecule has 106 valence electrons. The number of carbonyl (C=O) groups excluding carboxylic acids is 2. The first-order valence-electron chi connectivity index (χ1n) is 6.35. The fraction of sp³-hybridized carbons (Fsp3) is 0.833. The van der Waals surface area contributed by atoms with E-state index in [4.69, 9.17) is 5.73 Å². The minimum atomic E-state index is -0.108. The van der Waals surface area contributed by atoms with E-state index in [1.54, 1.807) is 7.05 Å². The number of hydrogen-bond acceptors (Lipinski definition) is 4. The molecule has 6 heteroatoms. The number of thioether (sulfide) groups is 1. The molecule has 0 saturated heterocycles. The van der Waals surface area contributed by atoms with Gasteiger partial charge in [-0.15, -0.1) is 0 Å². The van der Waals surface area contributed by atoms with Crippen molar-refractivity contribution in [1.82, 2.24) is 10.2 Å². The summed E-state index contributed by atoms with van der Waals surface area (Å²) >= 11 is 1.52. The molecule has 18 heavy (non-hydrogen) atoms. The zero-order valence-electron chi connectivity index (χ0n) is 11.6. The van der Waals surface area contributed by atoms with Gasteiger partial charge in [0.25, 0.3) is 0 Å². The molecule has 0 aliphatic heterocycles. The highest BCUT2D eigenvalue weighted by molar-refractivity contribution is 7.99. The van der Waals surface area contributed by atoms with Crippen molar-refractivity contribution < 1.29 is 9.59 Å². The normalized spacial score (nSPS) is 12.0. The highest BCUT2D eigenvalue weighted by atomic mass is 32.2. The van der Waals surface area contributed by atoms with Crippen LogP contribution in [0.25, 0.3) is 0 Å². The van der Waals surface area contributed by atoms with Gasteiger partial charge >= 0.3 is 0 Å². The van der Waals surface area contributed by atoms with Gasteiger partial charge < -0.3 is 16.0 Å². The molecule has 0 aromatic heterocycles. The molecule has 0 fully saturated rings. The Kier molecular flexibility index (Phi) is 9.77. The van der Waals surface area contributed by atoms with Gasteiger partial charge in [-0.25, -0.2) is 0 Å². The maximum Gasteiger partial charge on any atom is 0.239 e. The van der Waals surface area contributed by atoms with Gasteiger partial charge in [0.1, 0.15) is 0 Å². The summed E-state index contributed by atoms with van der Waals surface area (Å²) in [6, 6.07) is 0.140. The number of amides is 2. The molecule has 1 unspecified atom stereocenters. The van der Waals surface area contributed by atoms with Crippen LogP contribution in [0.2, 0.25) is 0 Å². The Hall–Kier alpha value is -0.750. The van der Waals surface area contributed by atoms with E-state index in [9.17, 15) is 9.59 Å². The molecule has 0 radical (unpaired) electrons. The summed E-state index contributed by atoms with van der Waals surface area (Å²) in [6.45, 7) is 4.79. The molecule has 0 bridgehead atoms. The van der Waals surface area contributed by atoms with Crippen molar-refractivity contribution in [2.24, 2.45) is 5.73 Å². The Morgan fingerprint density at radius 2 is 2.06 bits per heavy atom. The molecule has 0 aliphatic rings. The number of hydrogen-bond donors (Lipinski definition) is 2. The van der Waals surface area contributed by atoms with Crippen LogP contribution in [-0.4, -0.2) is 54.4 Å². The molecule has 0 aliphatic carbocycles. The first-order chi connectivity index (χ1) is 8.51. The van der Waals surface area contributed by atoms with E-state index in [0.717, 1.165) is 18.6 Å². The second-order valence-corrected chi connectivity index (χ2v) is 5.31. The molecule has 0 rings (SSSR count). The van der Waals surface area contributed by atoms with Crippen molar-refractivity contribution in [2.75, 3.05) is 31.6 Å². The molecule has 5 nitrogen and oxygen atoms in total. The van der Waals surface area contributed by atoms with Crippen LogP contribution >= 0.6 is 11.8 Å². The van der Waals surface area contributed by atoms with Crippen LogP contribution in [0.3, 0.4) is 0 Å². The Bertz CT molecular complexity index is 262. The largest absolute Gasteiger partial charge is 0.355 e. The van der Waals surface area contributed by atoms with E-state index in [2.05, 4.69) is 5.32 Å². The third-order valence-electron chi connectivity index (χ3n) is 2.46. The van der Waals surface area contributed by atoms with Crippen molar-refractivity contribution in [3.8, 4) is 0 Å². The average molecular weight is 275 g/mol. The fourth-order valence-electron chi connectivity index (χ4n) is 1.15. The smallest absolute Gasteiger partial charge is 0.239 e. The van der Waals surface area contributed by atoms with E-state index in [-0.39, 0.29) is 24.4 Å². The predicted octanol–water partition coefficient (Wildman–Crippen LogP) is 0.442. The minimum Gasteiger partial charge on any atom is -0.355 e. The van der Waals surface area contributed by atoms with E-state index in [1.807, 2.05) is 13.8 Å². The quantitative estimate of drug-likeness (QED) is 0.640. The Balaban J connectivity index is 3.78. The molecular weight excluding hydrogens is 250 g/mol. The fourth-order valence-corrected chi connectivity index (χ4v) is 2.20. The van der Waals surface area contributed by atoms with Crippen LogP contribution < -0.4 is 11.1 Å². The van der Waals surface area contributed by atoms with Crippen LogP contribution in [0.5, 0.6) is 0 Å². The summed E-state index contributed by atoms with van der Waals surface area (Å²) in [5, 5.41) is 2.74. The van der Waals surface area contributed by atoms with Gasteiger partial charge in [-0.1, -0.05) is 13.8 Å². The summed E-state index contributed by atoms with van der Waals surface area (Å²) < 4.78 is 0. The van der Waals surface area contributed by atoms with Crippen LogP contribution in [0, 0.1) is 0 Å². The maximum absolute atomic E-state index is 11.7. The molecule has 0 aromatic rings. The van der Waals surface area contributed by atoms with Crippen LogP contribution in [0.4, 0.5) is 0 Å². The minimum absolute atomic E-state index is 0.0325. The summed E-state index contributed by atoms with van der Waals surface area (Å²) in [5.74, 6) is 1.02. The molecule has 3 N–H and O–H groups in total. The van der Waals surface area contributed by atoms with Gasteiger partial charge in [0.15, 0.2) is 0 Å². The van der Waals surface area contributed by atoms with Crippen LogP contribution in [0.15, 0.2) is 0 Å². The molecule has 1 atom stereocenters. The molecule has 0 aromatic carbocycles. The second-order valence-electron chi connectivity index (χ2n) is 4.28. The summed E-state index contributed by atoms with van der Waals surface area (Å²) in [6.07, 6.45) is 1.81. The summed E-state index contributed by atoms with van der Waals surface area (Å²) in [5.41, 5.74) is 5.76. The van der Waals surface area contributed by atoms with Crippen molar-refractivity contribution in [2.45, 2.75) is 32.7 Å². The molecule has 0 saturated carbocycles. The van der Waals surface area contributed by atoms with Crippen molar-refractivity contribution in [3.63, 3.8) is 0 Å². The number of likely N-dealkylation sites (N-methyl/N-ethyl adjacent to an activating group) is 1. The SMILES string of the molecule is CCCNC(=O)CN(C)C(=O)CSCC(N)CC. The lowest BCUT2D eigenvalue weighted by atomic mass is 10.3. The zero-order chi connectivity index (χ0) is 14.0. The van der Waals surface area contributed by atoms with Gasteiger partial charge in [-0.2, -0.15) is 11.8 Å². The van der Waals surface area contributed by atoms with Crippen molar-refractivity contribution >= 4 is 23.6 Å². The number of nitrogens with one attached hydrogen (secondary N) is 1. The molecular formula is C12H25N3O2S. The molecule has 0 heterocycles. The van der Waals surface area contributed by atoms with Crippen molar-refractivity contribution in [1.29, 1.82) is 0 Å². The highest BCUT2D eigenvalue weighted by Gasteiger charge is 2.12. The topological polar surface area (TPSA) is 75.4 Å². The number of rotatable bonds is 9. The van der Waals surface area contributed by atoms with Gasteiger partial charge in [0.05, 0.1) is 12.3 Å². The standard InChI is InChI=1S/C12H25N3O2S/c1-4-6-14-11(16)7-15(3)12(17)9-18-8-10(13)5-2/h10H,4-9,13H2,1-3H3,(H,14,16). The third-order valence-corrected chi connectivity index (χ3v) is 3.58. The highest BCUT2D eigenvalue weighted by Crippen LogP contribution is 2.05. The summed E-state index contributed by atoms with van der Waals surface area (Å²) in [4.78, 5) is 24.6. The Morgan fingerprint density at radius 1 is 1.39 bits per heavy atom. The maximum atomic E-state index is 11.7. The first-order valence-corrected chi connectivity index (χ1v) is 7.50. The Morgan fingerprint density at radius 3 is 2.61 bits per heavy atom. The van der Waals surface area contributed by atoms with Crippen molar-refractivity contribution in [3.05, 3.63) is 0 Å².